The van der Waals surface area contributed by atoms with Crippen LogP contribution in [0.5, 0.6) is 0 Å². The monoisotopic (exact) mass is 284 g/mol. The summed E-state index contributed by atoms with van der Waals surface area (Å²) in [5.41, 5.74) is 2.38. The first-order valence-electron chi connectivity index (χ1n) is 7.07. The smallest absolute Gasteiger partial charge is 0.150 e. The molecule has 0 aromatic heterocycles. The van der Waals surface area contributed by atoms with Crippen molar-refractivity contribution in [1.82, 2.24) is 0 Å². The summed E-state index contributed by atoms with van der Waals surface area (Å²) in [6.45, 7) is 3.40. The van der Waals surface area contributed by atoms with E-state index in [0.29, 0.717) is 11.8 Å². The van der Waals surface area contributed by atoms with E-state index in [1.165, 1.54) is 17.8 Å². The molecule has 0 bridgehead atoms. The second-order valence-corrected chi connectivity index (χ2v) is 5.17. The van der Waals surface area contributed by atoms with Crippen molar-refractivity contribution in [3.63, 3.8) is 0 Å². The number of para-hydroxylation sites is 1. The number of carbonyl (C=O) groups excluding carboxylic acids is 1. The minimum absolute atomic E-state index is 0.361. The molecule has 1 aliphatic heterocycles. The molecule has 0 spiro atoms. The number of nitrogens with zero attached hydrogens (tertiary/aromatic N) is 2. The summed E-state index contributed by atoms with van der Waals surface area (Å²) in [4.78, 5) is 15.3. The fourth-order valence-corrected chi connectivity index (χ4v) is 2.71. The van der Waals surface area contributed by atoms with Gasteiger partial charge in [0.1, 0.15) is 12.1 Å². The van der Waals surface area contributed by atoms with Crippen LogP contribution in [-0.4, -0.2) is 32.5 Å². The summed E-state index contributed by atoms with van der Waals surface area (Å²) < 4.78 is 13.5. The molecule has 1 heterocycles. The summed E-state index contributed by atoms with van der Waals surface area (Å²) in [7, 11) is 0. The molecule has 0 unspecified atom stereocenters. The molecule has 0 atom stereocenters. The van der Waals surface area contributed by atoms with Crippen molar-refractivity contribution in [3.05, 3.63) is 59.9 Å². The zero-order chi connectivity index (χ0) is 14.7. The van der Waals surface area contributed by atoms with Gasteiger partial charge in [-0.15, -0.1) is 0 Å². The minimum atomic E-state index is -0.361. The van der Waals surface area contributed by atoms with Crippen LogP contribution in [0.15, 0.2) is 48.5 Å². The first-order chi connectivity index (χ1) is 10.3. The second kappa shape index (κ2) is 5.95. The largest absolute Gasteiger partial charge is 0.368 e. The van der Waals surface area contributed by atoms with E-state index in [1.807, 2.05) is 18.2 Å². The van der Waals surface area contributed by atoms with Crippen molar-refractivity contribution < 1.29 is 9.18 Å². The van der Waals surface area contributed by atoms with Crippen molar-refractivity contribution >= 4 is 17.7 Å². The maximum absolute atomic E-state index is 13.5. The number of rotatable bonds is 3. The topological polar surface area (TPSA) is 23.6 Å². The van der Waals surface area contributed by atoms with E-state index < -0.39 is 0 Å². The quantitative estimate of drug-likeness (QED) is 0.810. The van der Waals surface area contributed by atoms with Gasteiger partial charge in [-0.1, -0.05) is 18.2 Å². The predicted octanol–water partition coefficient (Wildman–Crippen LogP) is 2.96. The summed E-state index contributed by atoms with van der Waals surface area (Å²) >= 11 is 0. The van der Waals surface area contributed by atoms with Gasteiger partial charge in [0.2, 0.25) is 0 Å². The Balaban J connectivity index is 1.71. The molecule has 1 fully saturated rings. The van der Waals surface area contributed by atoms with Crippen LogP contribution in [-0.2, 0) is 0 Å². The lowest BCUT2D eigenvalue weighted by Gasteiger charge is -2.37. The molecule has 21 heavy (non-hydrogen) atoms. The van der Waals surface area contributed by atoms with Crippen LogP contribution in [0.4, 0.5) is 15.8 Å². The van der Waals surface area contributed by atoms with Gasteiger partial charge in [0.25, 0.3) is 0 Å². The molecule has 0 amide bonds. The highest BCUT2D eigenvalue weighted by molar-refractivity contribution is 5.77. The number of halogens is 1. The molecule has 1 saturated heterocycles. The standard InChI is InChI=1S/C17H17FN2O/c18-15-10-14(13-21)11-17(12-15)20-8-6-19(7-9-20)16-4-2-1-3-5-16/h1-5,10-13H,6-9H2. The number of anilines is 2. The third kappa shape index (κ3) is 3.05. The summed E-state index contributed by atoms with van der Waals surface area (Å²) in [5.74, 6) is -0.361. The molecule has 4 heteroatoms. The van der Waals surface area contributed by atoms with Gasteiger partial charge in [0.05, 0.1) is 0 Å². The zero-order valence-electron chi connectivity index (χ0n) is 11.7. The van der Waals surface area contributed by atoms with Crippen molar-refractivity contribution in [1.29, 1.82) is 0 Å². The Bertz CT molecular complexity index is 622. The maximum atomic E-state index is 13.5. The first-order valence-corrected chi connectivity index (χ1v) is 7.07. The molecule has 2 aromatic rings. The highest BCUT2D eigenvalue weighted by Crippen LogP contribution is 2.22. The summed E-state index contributed by atoms with van der Waals surface area (Å²) in [5, 5.41) is 0. The Labute approximate surface area is 123 Å². The fraction of sp³-hybridized carbons (Fsp3) is 0.235. The van der Waals surface area contributed by atoms with Gasteiger partial charge in [-0.2, -0.15) is 0 Å². The number of hydrogen-bond acceptors (Lipinski definition) is 3. The van der Waals surface area contributed by atoms with E-state index in [1.54, 1.807) is 6.07 Å². The molecule has 0 saturated carbocycles. The molecule has 108 valence electrons. The third-order valence-corrected chi connectivity index (χ3v) is 3.81. The van der Waals surface area contributed by atoms with Crippen molar-refractivity contribution in [2.24, 2.45) is 0 Å². The average molecular weight is 284 g/mol. The van der Waals surface area contributed by atoms with Gasteiger partial charge in [0.15, 0.2) is 0 Å². The highest BCUT2D eigenvalue weighted by atomic mass is 19.1. The van der Waals surface area contributed by atoms with Crippen LogP contribution in [0.25, 0.3) is 0 Å². The minimum Gasteiger partial charge on any atom is -0.368 e. The van der Waals surface area contributed by atoms with Gasteiger partial charge in [0, 0.05) is 43.1 Å². The number of benzene rings is 2. The Hall–Kier alpha value is -2.36. The Morgan fingerprint density at radius 2 is 1.48 bits per heavy atom. The van der Waals surface area contributed by atoms with Crippen LogP contribution in [0.2, 0.25) is 0 Å². The Morgan fingerprint density at radius 3 is 2.10 bits per heavy atom. The summed E-state index contributed by atoms with van der Waals surface area (Å²) in [6, 6.07) is 14.8. The Morgan fingerprint density at radius 1 is 0.857 bits per heavy atom. The van der Waals surface area contributed by atoms with Crippen LogP contribution in [0.3, 0.4) is 0 Å². The van der Waals surface area contributed by atoms with E-state index in [-0.39, 0.29) is 5.82 Å². The fourth-order valence-electron chi connectivity index (χ4n) is 2.71. The van der Waals surface area contributed by atoms with E-state index in [9.17, 15) is 9.18 Å². The molecule has 3 nitrogen and oxygen atoms in total. The van der Waals surface area contributed by atoms with Gasteiger partial charge in [-0.05, 0) is 30.3 Å². The number of aldehydes is 1. The van der Waals surface area contributed by atoms with Crippen LogP contribution < -0.4 is 9.80 Å². The second-order valence-electron chi connectivity index (χ2n) is 5.17. The van der Waals surface area contributed by atoms with Crippen molar-refractivity contribution in [3.8, 4) is 0 Å². The number of carbonyl (C=O) groups is 1. The van der Waals surface area contributed by atoms with Crippen LogP contribution in [0, 0.1) is 5.82 Å². The van der Waals surface area contributed by atoms with Gasteiger partial charge in [-0.25, -0.2) is 4.39 Å². The first kappa shape index (κ1) is 13.6. The van der Waals surface area contributed by atoms with E-state index in [4.69, 9.17) is 0 Å². The van der Waals surface area contributed by atoms with Crippen LogP contribution in [0.1, 0.15) is 10.4 Å². The SMILES string of the molecule is O=Cc1cc(F)cc(N2CCN(c3ccccc3)CC2)c1. The van der Waals surface area contributed by atoms with Gasteiger partial charge >= 0.3 is 0 Å². The molecule has 0 N–H and O–H groups in total. The third-order valence-electron chi connectivity index (χ3n) is 3.81. The molecular weight excluding hydrogens is 267 g/mol. The van der Waals surface area contributed by atoms with Crippen molar-refractivity contribution in [2.45, 2.75) is 0 Å². The molecule has 3 rings (SSSR count). The van der Waals surface area contributed by atoms with E-state index in [2.05, 4.69) is 21.9 Å². The van der Waals surface area contributed by atoms with Gasteiger partial charge < -0.3 is 9.80 Å². The lowest BCUT2D eigenvalue weighted by atomic mass is 10.1. The van der Waals surface area contributed by atoms with E-state index >= 15 is 0 Å². The molecule has 0 radical (unpaired) electrons. The lowest BCUT2D eigenvalue weighted by Crippen LogP contribution is -2.46. The van der Waals surface area contributed by atoms with Crippen molar-refractivity contribution in [2.75, 3.05) is 36.0 Å². The summed E-state index contributed by atoms with van der Waals surface area (Å²) in [6.07, 6.45) is 0.687. The zero-order valence-corrected chi connectivity index (χ0v) is 11.7. The molecule has 1 aliphatic rings. The van der Waals surface area contributed by atoms with Crippen LogP contribution >= 0.6 is 0 Å². The predicted molar refractivity (Wildman–Crippen MR) is 82.7 cm³/mol. The van der Waals surface area contributed by atoms with Gasteiger partial charge in [-0.3, -0.25) is 4.79 Å². The van der Waals surface area contributed by atoms with E-state index in [0.717, 1.165) is 31.9 Å². The average Bonchev–Trinajstić information content (AvgIpc) is 2.55. The number of piperazine rings is 1. The normalized spacial score (nSPS) is 15.1. The highest BCUT2D eigenvalue weighted by Gasteiger charge is 2.18. The lowest BCUT2D eigenvalue weighted by molar-refractivity contribution is 0.112. The molecular formula is C17H17FN2O. The number of hydrogen-bond donors (Lipinski definition) is 0. The maximum Gasteiger partial charge on any atom is 0.150 e. The molecule has 2 aromatic carbocycles. The molecule has 0 aliphatic carbocycles. The Kier molecular flexibility index (Phi) is 3.86.